The Kier molecular flexibility index (Phi) is 4.23. The highest BCUT2D eigenvalue weighted by Crippen LogP contribution is 2.14. The summed E-state index contributed by atoms with van der Waals surface area (Å²) in [6, 6.07) is 7.62. The van der Waals surface area contributed by atoms with Gasteiger partial charge in [-0.05, 0) is 47.9 Å². The molecule has 0 radical (unpaired) electrons. The molecule has 2 aromatic carbocycles. The van der Waals surface area contributed by atoms with Crippen LogP contribution in [0.4, 0.5) is 13.2 Å². The monoisotopic (exact) mass is 278 g/mol. The zero-order valence-electron chi connectivity index (χ0n) is 10.9. The summed E-state index contributed by atoms with van der Waals surface area (Å²) in [5.74, 6) is -2.49. The molecule has 20 heavy (non-hydrogen) atoms. The summed E-state index contributed by atoms with van der Waals surface area (Å²) in [7, 11) is 0. The number of hydrogen-bond acceptors (Lipinski definition) is 1. The molecule has 0 heterocycles. The minimum atomic E-state index is -0.975. The van der Waals surface area contributed by atoms with Crippen molar-refractivity contribution in [2.45, 2.75) is 19.8 Å². The zero-order chi connectivity index (χ0) is 14.7. The van der Waals surface area contributed by atoms with E-state index < -0.39 is 17.5 Å². The average Bonchev–Trinajstić information content (AvgIpc) is 2.38. The second-order valence-electron chi connectivity index (χ2n) is 4.71. The van der Waals surface area contributed by atoms with Crippen molar-refractivity contribution in [1.29, 1.82) is 0 Å². The highest BCUT2D eigenvalue weighted by atomic mass is 19.2. The summed E-state index contributed by atoms with van der Waals surface area (Å²) in [5.41, 5.74) is 1.84. The summed E-state index contributed by atoms with van der Waals surface area (Å²) in [6.45, 7) is 1.79. The molecule has 1 nitrogen and oxygen atoms in total. The lowest BCUT2D eigenvalue weighted by atomic mass is 9.99. The van der Waals surface area contributed by atoms with Crippen molar-refractivity contribution in [3.63, 3.8) is 0 Å². The third-order valence-electron chi connectivity index (χ3n) is 3.08. The zero-order valence-corrected chi connectivity index (χ0v) is 10.9. The molecule has 0 aliphatic carbocycles. The van der Waals surface area contributed by atoms with Gasteiger partial charge in [0.1, 0.15) is 11.6 Å². The van der Waals surface area contributed by atoms with E-state index in [0.717, 1.165) is 17.7 Å². The molecule has 0 aliphatic heterocycles. The Morgan fingerprint density at radius 2 is 1.70 bits per heavy atom. The van der Waals surface area contributed by atoms with Crippen LogP contribution in [0.5, 0.6) is 0 Å². The number of halogens is 3. The Bertz CT molecular complexity index is 650. The summed E-state index contributed by atoms with van der Waals surface area (Å²) in [5, 5.41) is 0. The molecule has 0 amide bonds. The predicted octanol–water partition coefficient (Wildman–Crippen LogP) is 3.77. The van der Waals surface area contributed by atoms with Gasteiger partial charge in [-0.1, -0.05) is 12.1 Å². The normalized spacial score (nSPS) is 10.6. The van der Waals surface area contributed by atoms with Crippen LogP contribution in [0.1, 0.15) is 16.7 Å². The van der Waals surface area contributed by atoms with Crippen LogP contribution in [0.3, 0.4) is 0 Å². The van der Waals surface area contributed by atoms with Crippen molar-refractivity contribution in [2.24, 2.45) is 0 Å². The Labute approximate surface area is 115 Å². The standard InChI is InChI=1S/C16H13F3O/c1-10-2-4-13(17)8-12(10)9-14(20)6-11-3-5-15(18)16(19)7-11/h2-5,7-8H,6,9H2,1H3. The summed E-state index contributed by atoms with van der Waals surface area (Å²) in [4.78, 5) is 11.9. The molecule has 2 rings (SSSR count). The van der Waals surface area contributed by atoms with Crippen LogP contribution in [-0.2, 0) is 17.6 Å². The van der Waals surface area contributed by atoms with Gasteiger partial charge in [-0.15, -0.1) is 0 Å². The number of benzene rings is 2. The van der Waals surface area contributed by atoms with Crippen LogP contribution in [-0.4, -0.2) is 5.78 Å². The highest BCUT2D eigenvalue weighted by Gasteiger charge is 2.10. The van der Waals surface area contributed by atoms with Gasteiger partial charge >= 0.3 is 0 Å². The Morgan fingerprint density at radius 1 is 0.950 bits per heavy atom. The third kappa shape index (κ3) is 3.47. The lowest BCUT2D eigenvalue weighted by Crippen LogP contribution is -2.08. The largest absolute Gasteiger partial charge is 0.299 e. The van der Waals surface area contributed by atoms with Crippen LogP contribution >= 0.6 is 0 Å². The Morgan fingerprint density at radius 3 is 2.40 bits per heavy atom. The number of rotatable bonds is 4. The van der Waals surface area contributed by atoms with E-state index in [9.17, 15) is 18.0 Å². The Balaban J connectivity index is 2.09. The number of hydrogen-bond donors (Lipinski definition) is 0. The molecule has 0 fully saturated rings. The van der Waals surface area contributed by atoms with E-state index >= 15 is 0 Å². The van der Waals surface area contributed by atoms with Crippen molar-refractivity contribution >= 4 is 5.78 Å². The third-order valence-corrected chi connectivity index (χ3v) is 3.08. The average molecular weight is 278 g/mol. The van der Waals surface area contributed by atoms with E-state index in [1.807, 2.05) is 0 Å². The fourth-order valence-electron chi connectivity index (χ4n) is 1.98. The SMILES string of the molecule is Cc1ccc(F)cc1CC(=O)Cc1ccc(F)c(F)c1. The predicted molar refractivity (Wildman–Crippen MR) is 69.9 cm³/mol. The molecule has 2 aromatic rings. The Hall–Kier alpha value is -2.10. The second kappa shape index (κ2) is 5.90. The van der Waals surface area contributed by atoms with Crippen molar-refractivity contribution in [3.8, 4) is 0 Å². The molecule has 0 unspecified atom stereocenters. The summed E-state index contributed by atoms with van der Waals surface area (Å²) >= 11 is 0. The molecule has 0 spiro atoms. The second-order valence-corrected chi connectivity index (χ2v) is 4.71. The van der Waals surface area contributed by atoms with Gasteiger partial charge in [0.2, 0.25) is 0 Å². The van der Waals surface area contributed by atoms with Crippen molar-refractivity contribution in [2.75, 3.05) is 0 Å². The lowest BCUT2D eigenvalue weighted by Gasteiger charge is -2.06. The van der Waals surface area contributed by atoms with Gasteiger partial charge < -0.3 is 0 Å². The fraction of sp³-hybridized carbons (Fsp3) is 0.188. The molecular formula is C16H13F3O. The molecule has 0 aromatic heterocycles. The van der Waals surface area contributed by atoms with Gasteiger partial charge in [0.25, 0.3) is 0 Å². The topological polar surface area (TPSA) is 17.1 Å². The van der Waals surface area contributed by atoms with Crippen molar-refractivity contribution in [1.82, 2.24) is 0 Å². The maximum absolute atomic E-state index is 13.1. The van der Waals surface area contributed by atoms with Gasteiger partial charge in [0, 0.05) is 12.8 Å². The summed E-state index contributed by atoms with van der Waals surface area (Å²) < 4.78 is 38.9. The maximum atomic E-state index is 13.1. The molecular weight excluding hydrogens is 265 g/mol. The van der Waals surface area contributed by atoms with Crippen LogP contribution in [0.2, 0.25) is 0 Å². The summed E-state index contributed by atoms with van der Waals surface area (Å²) in [6.07, 6.45) is 0.0652. The van der Waals surface area contributed by atoms with Gasteiger partial charge in [-0.3, -0.25) is 4.79 Å². The number of carbonyl (C=O) groups excluding carboxylic acids is 1. The van der Waals surface area contributed by atoms with E-state index in [0.29, 0.717) is 11.1 Å². The number of ketones is 1. The van der Waals surface area contributed by atoms with E-state index in [4.69, 9.17) is 0 Å². The molecule has 0 N–H and O–H groups in total. The number of carbonyl (C=O) groups is 1. The van der Waals surface area contributed by atoms with E-state index in [1.54, 1.807) is 13.0 Å². The first kappa shape index (κ1) is 14.3. The molecule has 0 saturated heterocycles. The quantitative estimate of drug-likeness (QED) is 0.832. The van der Waals surface area contributed by atoms with Gasteiger partial charge in [-0.25, -0.2) is 13.2 Å². The van der Waals surface area contributed by atoms with Crippen LogP contribution in [0.25, 0.3) is 0 Å². The molecule has 0 aliphatic rings. The fourth-order valence-corrected chi connectivity index (χ4v) is 1.98. The minimum absolute atomic E-state index is 0.00679. The molecule has 4 heteroatoms. The van der Waals surface area contributed by atoms with Crippen molar-refractivity contribution < 1.29 is 18.0 Å². The molecule has 104 valence electrons. The first-order valence-corrected chi connectivity index (χ1v) is 6.16. The molecule has 0 atom stereocenters. The van der Waals surface area contributed by atoms with Crippen LogP contribution < -0.4 is 0 Å². The molecule has 0 saturated carbocycles. The van der Waals surface area contributed by atoms with E-state index in [1.165, 1.54) is 18.2 Å². The smallest absolute Gasteiger partial charge is 0.159 e. The van der Waals surface area contributed by atoms with Gasteiger partial charge in [-0.2, -0.15) is 0 Å². The van der Waals surface area contributed by atoms with Crippen LogP contribution in [0.15, 0.2) is 36.4 Å². The first-order valence-electron chi connectivity index (χ1n) is 6.16. The molecule has 0 bridgehead atoms. The minimum Gasteiger partial charge on any atom is -0.299 e. The maximum Gasteiger partial charge on any atom is 0.159 e. The van der Waals surface area contributed by atoms with Gasteiger partial charge in [0.05, 0.1) is 0 Å². The van der Waals surface area contributed by atoms with Crippen molar-refractivity contribution in [3.05, 3.63) is 70.5 Å². The number of Topliss-reactive ketones (excluding diaryl/α,β-unsaturated/α-hetero) is 1. The van der Waals surface area contributed by atoms with E-state index in [2.05, 4.69) is 0 Å². The van der Waals surface area contributed by atoms with Crippen LogP contribution in [0, 0.1) is 24.4 Å². The number of aryl methyl sites for hydroxylation is 1. The lowest BCUT2D eigenvalue weighted by molar-refractivity contribution is -0.117. The first-order chi connectivity index (χ1) is 9.45. The van der Waals surface area contributed by atoms with Gasteiger partial charge in [0.15, 0.2) is 11.6 Å². The highest BCUT2D eigenvalue weighted by molar-refractivity contribution is 5.83. The van der Waals surface area contributed by atoms with E-state index in [-0.39, 0.29) is 18.6 Å².